The molecule has 1 atom stereocenters. The van der Waals surface area contributed by atoms with Crippen molar-refractivity contribution in [2.45, 2.75) is 25.7 Å². The highest BCUT2D eigenvalue weighted by Crippen LogP contribution is 2.52. The van der Waals surface area contributed by atoms with Crippen molar-refractivity contribution in [3.8, 4) is 34.5 Å². The first-order chi connectivity index (χ1) is 17.9. The van der Waals surface area contributed by atoms with E-state index in [1.54, 1.807) is 20.1 Å². The number of hydrogen-bond donors (Lipinski definition) is 2. The summed E-state index contributed by atoms with van der Waals surface area (Å²) >= 11 is 0. The molecule has 1 aliphatic heterocycles. The fraction of sp³-hybridized carbons (Fsp3) is 0.333. The van der Waals surface area contributed by atoms with Crippen LogP contribution in [0.4, 0.5) is 0 Å². The number of fused-ring (bicyclic) bond motifs is 1. The van der Waals surface area contributed by atoms with Crippen LogP contribution in [0.25, 0.3) is 0 Å². The summed E-state index contributed by atoms with van der Waals surface area (Å²) in [6, 6.07) is 10.5. The van der Waals surface area contributed by atoms with E-state index in [0.717, 1.165) is 11.3 Å². The number of rotatable bonds is 10. The van der Waals surface area contributed by atoms with Crippen molar-refractivity contribution >= 4 is 5.91 Å². The zero-order valence-electron chi connectivity index (χ0n) is 21.1. The Morgan fingerprint density at radius 2 is 1.78 bits per heavy atom. The molecular formula is C27H29NO9. The smallest absolute Gasteiger partial charge is 0.343 e. The van der Waals surface area contributed by atoms with Crippen molar-refractivity contribution in [2.75, 3.05) is 34.7 Å². The molecule has 2 aromatic carbocycles. The molecule has 0 saturated carbocycles. The van der Waals surface area contributed by atoms with E-state index in [0.29, 0.717) is 30.0 Å². The van der Waals surface area contributed by atoms with Crippen LogP contribution in [0.15, 0.2) is 45.6 Å². The minimum atomic E-state index is -0.934. The summed E-state index contributed by atoms with van der Waals surface area (Å²) in [6.07, 6.45) is 0.419. The van der Waals surface area contributed by atoms with Gasteiger partial charge in [-0.2, -0.15) is 0 Å². The summed E-state index contributed by atoms with van der Waals surface area (Å²) in [5.41, 5.74) is 0.597. The van der Waals surface area contributed by atoms with Gasteiger partial charge in [0.05, 0.1) is 26.9 Å². The molecule has 0 fully saturated rings. The van der Waals surface area contributed by atoms with Crippen LogP contribution < -0.4 is 34.6 Å². The first kappa shape index (κ1) is 25.7. The molecule has 0 unspecified atom stereocenters. The monoisotopic (exact) mass is 511 g/mol. The van der Waals surface area contributed by atoms with Gasteiger partial charge < -0.3 is 38.5 Å². The molecule has 4 rings (SSSR count). The molecule has 1 amide bonds. The lowest BCUT2D eigenvalue weighted by Gasteiger charge is -2.22. The molecule has 1 aliphatic rings. The zero-order valence-corrected chi connectivity index (χ0v) is 21.1. The first-order valence-corrected chi connectivity index (χ1v) is 11.6. The quantitative estimate of drug-likeness (QED) is 0.422. The van der Waals surface area contributed by atoms with E-state index in [1.807, 2.05) is 24.3 Å². The van der Waals surface area contributed by atoms with Gasteiger partial charge in [-0.25, -0.2) is 4.79 Å². The number of nitrogens with one attached hydrogen (secondary N) is 1. The normalized spacial score (nSPS) is 12.6. The Balaban J connectivity index is 1.66. The zero-order chi connectivity index (χ0) is 26.5. The van der Waals surface area contributed by atoms with Crippen molar-refractivity contribution in [3.63, 3.8) is 0 Å². The molecule has 3 aromatic rings. The van der Waals surface area contributed by atoms with Crippen molar-refractivity contribution in [1.82, 2.24) is 5.32 Å². The molecule has 196 valence electrons. The number of benzene rings is 2. The number of ether oxygens (including phenoxy) is 5. The molecule has 2 heterocycles. The minimum Gasteiger partial charge on any atom is -0.507 e. The summed E-state index contributed by atoms with van der Waals surface area (Å²) in [4.78, 5) is 26.0. The number of carbonyl (C=O) groups excluding carboxylic acids is 1. The summed E-state index contributed by atoms with van der Waals surface area (Å²) in [6.45, 7) is 1.88. The standard InChI is InChI=1S/C27H29NO9/c1-15-11-20(29)23(27(31)37-15)18(13-22(30)28-10-9-16-5-7-17(32-2)8-6-16)19-12-21(33-3)25-26(24(19)34-4)36-14-35-25/h5-8,11-12,18,29H,9-10,13-14H2,1-4H3,(H,28,30)/t18-/m1/s1. The van der Waals surface area contributed by atoms with E-state index >= 15 is 0 Å². The van der Waals surface area contributed by atoms with Crippen LogP contribution in [0.2, 0.25) is 0 Å². The number of methoxy groups -OCH3 is 3. The topological polar surface area (TPSA) is 126 Å². The van der Waals surface area contributed by atoms with Crippen LogP contribution in [0, 0.1) is 6.92 Å². The molecule has 0 spiro atoms. The molecule has 10 heteroatoms. The third-order valence-corrected chi connectivity index (χ3v) is 6.11. The minimum absolute atomic E-state index is 0.0417. The average Bonchev–Trinajstić information content (AvgIpc) is 3.37. The van der Waals surface area contributed by atoms with E-state index in [-0.39, 0.29) is 47.7 Å². The second-order valence-corrected chi connectivity index (χ2v) is 8.41. The van der Waals surface area contributed by atoms with Crippen LogP contribution in [0.3, 0.4) is 0 Å². The Kier molecular flexibility index (Phi) is 7.76. The number of amides is 1. The van der Waals surface area contributed by atoms with Gasteiger partial charge in [0.2, 0.25) is 24.2 Å². The van der Waals surface area contributed by atoms with Crippen molar-refractivity contribution in [2.24, 2.45) is 0 Å². The van der Waals surface area contributed by atoms with Gasteiger partial charge in [0.1, 0.15) is 17.3 Å². The van der Waals surface area contributed by atoms with Gasteiger partial charge in [-0.15, -0.1) is 0 Å². The molecule has 37 heavy (non-hydrogen) atoms. The number of aryl methyl sites for hydroxylation is 1. The van der Waals surface area contributed by atoms with Crippen LogP contribution in [-0.2, 0) is 11.2 Å². The van der Waals surface area contributed by atoms with Gasteiger partial charge in [-0.3, -0.25) is 4.79 Å². The van der Waals surface area contributed by atoms with Gasteiger partial charge >= 0.3 is 5.63 Å². The number of aromatic hydroxyl groups is 1. The van der Waals surface area contributed by atoms with Crippen LogP contribution in [-0.4, -0.2) is 45.7 Å². The Bertz CT molecular complexity index is 1330. The maximum atomic E-state index is 13.1. The van der Waals surface area contributed by atoms with E-state index < -0.39 is 11.5 Å². The highest BCUT2D eigenvalue weighted by Gasteiger charge is 2.34. The molecule has 0 saturated heterocycles. The Labute approximate surface area is 213 Å². The fourth-order valence-electron chi connectivity index (χ4n) is 4.34. The first-order valence-electron chi connectivity index (χ1n) is 11.6. The third kappa shape index (κ3) is 5.42. The average molecular weight is 512 g/mol. The van der Waals surface area contributed by atoms with Gasteiger partial charge in [0.25, 0.3) is 0 Å². The van der Waals surface area contributed by atoms with Gasteiger partial charge in [-0.1, -0.05) is 12.1 Å². The molecule has 0 radical (unpaired) electrons. The van der Waals surface area contributed by atoms with Crippen molar-refractivity contribution in [1.29, 1.82) is 0 Å². The van der Waals surface area contributed by atoms with Crippen molar-refractivity contribution < 1.29 is 38.0 Å². The predicted octanol–water partition coefficient (Wildman–Crippen LogP) is 3.29. The maximum absolute atomic E-state index is 13.1. The molecule has 2 N–H and O–H groups in total. The summed E-state index contributed by atoms with van der Waals surface area (Å²) in [5.74, 6) is 0.678. The summed E-state index contributed by atoms with van der Waals surface area (Å²) in [7, 11) is 4.51. The second kappa shape index (κ2) is 11.2. The summed E-state index contributed by atoms with van der Waals surface area (Å²) in [5, 5.41) is 13.6. The molecule has 0 bridgehead atoms. The molecule has 0 aliphatic carbocycles. The lowest BCUT2D eigenvalue weighted by molar-refractivity contribution is -0.121. The highest BCUT2D eigenvalue weighted by molar-refractivity contribution is 5.78. The van der Waals surface area contributed by atoms with Crippen LogP contribution >= 0.6 is 0 Å². The van der Waals surface area contributed by atoms with E-state index in [1.165, 1.54) is 20.3 Å². The van der Waals surface area contributed by atoms with Crippen LogP contribution in [0.5, 0.6) is 34.5 Å². The molecular weight excluding hydrogens is 482 g/mol. The predicted molar refractivity (Wildman–Crippen MR) is 133 cm³/mol. The van der Waals surface area contributed by atoms with Gasteiger partial charge in [-0.05, 0) is 37.1 Å². The van der Waals surface area contributed by atoms with Crippen LogP contribution in [0.1, 0.15) is 34.8 Å². The molecule has 10 nitrogen and oxygen atoms in total. The van der Waals surface area contributed by atoms with Gasteiger partial charge in [0.15, 0.2) is 11.5 Å². The number of carbonyl (C=O) groups is 1. The van der Waals surface area contributed by atoms with Crippen molar-refractivity contribution in [3.05, 3.63) is 69.3 Å². The SMILES string of the molecule is COc1ccc(CCNC(=O)C[C@H](c2cc(OC)c3c(c2OC)OCO3)c2c(O)cc(C)oc2=O)cc1. The number of hydrogen-bond acceptors (Lipinski definition) is 9. The maximum Gasteiger partial charge on any atom is 0.343 e. The van der Waals surface area contributed by atoms with E-state index in [2.05, 4.69) is 5.32 Å². The Hall–Kier alpha value is -4.34. The fourth-order valence-corrected chi connectivity index (χ4v) is 4.34. The van der Waals surface area contributed by atoms with Gasteiger partial charge in [0, 0.05) is 30.5 Å². The lowest BCUT2D eigenvalue weighted by atomic mass is 9.87. The summed E-state index contributed by atoms with van der Waals surface area (Å²) < 4.78 is 32.6. The van der Waals surface area contributed by atoms with E-state index in [9.17, 15) is 14.7 Å². The molecule has 1 aromatic heterocycles. The lowest BCUT2D eigenvalue weighted by Crippen LogP contribution is -2.29. The Morgan fingerprint density at radius 3 is 2.43 bits per heavy atom. The second-order valence-electron chi connectivity index (χ2n) is 8.41. The Morgan fingerprint density at radius 1 is 1.05 bits per heavy atom. The largest absolute Gasteiger partial charge is 0.507 e. The van der Waals surface area contributed by atoms with E-state index in [4.69, 9.17) is 28.1 Å². The third-order valence-electron chi connectivity index (χ3n) is 6.11. The highest BCUT2D eigenvalue weighted by atomic mass is 16.7.